The van der Waals surface area contributed by atoms with Crippen LogP contribution in [0.3, 0.4) is 0 Å². The van der Waals surface area contributed by atoms with Crippen LogP contribution in [0.15, 0.2) is 6.33 Å². The number of rotatable bonds is 2. The summed E-state index contributed by atoms with van der Waals surface area (Å²) in [7, 11) is 0. The normalized spacial score (nSPS) is 16.3. The van der Waals surface area contributed by atoms with Crippen LogP contribution in [0.5, 0.6) is 0 Å². The van der Waals surface area contributed by atoms with Crippen LogP contribution < -0.4 is 0 Å². The average Bonchev–Trinajstić information content (AvgIpc) is 2.38. The Kier molecular flexibility index (Phi) is 2.43. The Hall–Kier alpha value is -1.12. The van der Waals surface area contributed by atoms with Gasteiger partial charge in [-0.1, -0.05) is 6.42 Å². The van der Waals surface area contributed by atoms with Gasteiger partial charge < -0.3 is 9.36 Å². The fraction of sp³-hybridized carbons (Fsp3) is 0.600. The molecular formula is C10H14N2O. The lowest BCUT2D eigenvalue weighted by atomic mass is 10.2. The lowest BCUT2D eigenvalue weighted by Crippen LogP contribution is -2.03. The Morgan fingerprint density at radius 3 is 3.08 bits per heavy atom. The molecule has 70 valence electrons. The number of carbonyl (C=O) groups is 1. The first-order valence-corrected chi connectivity index (χ1v) is 4.88. The van der Waals surface area contributed by atoms with Gasteiger partial charge in [0, 0.05) is 5.69 Å². The highest BCUT2D eigenvalue weighted by molar-refractivity contribution is 5.49. The molecule has 1 aromatic heterocycles. The van der Waals surface area contributed by atoms with Gasteiger partial charge in [-0.05, 0) is 25.7 Å². The first kappa shape index (κ1) is 8.48. The van der Waals surface area contributed by atoms with Gasteiger partial charge in [0.15, 0.2) is 0 Å². The summed E-state index contributed by atoms with van der Waals surface area (Å²) in [5.74, 6) is 0. The first-order valence-electron chi connectivity index (χ1n) is 4.88. The summed E-state index contributed by atoms with van der Waals surface area (Å²) < 4.78 is 1.98. The number of hydrogen-bond donors (Lipinski definition) is 0. The minimum Gasteiger partial charge on any atom is -0.327 e. The van der Waals surface area contributed by atoms with E-state index in [1.54, 1.807) is 6.33 Å². The highest BCUT2D eigenvalue weighted by Crippen LogP contribution is 2.18. The molecule has 1 aromatic rings. The number of nitrogens with zero attached hydrogens (tertiary/aromatic N) is 2. The maximum Gasteiger partial charge on any atom is 0.139 e. The molecule has 2 rings (SSSR count). The third kappa shape index (κ3) is 1.64. The second-order valence-electron chi connectivity index (χ2n) is 3.52. The molecule has 0 aromatic carbocycles. The lowest BCUT2D eigenvalue weighted by Gasteiger charge is -2.02. The average molecular weight is 178 g/mol. The van der Waals surface area contributed by atoms with Gasteiger partial charge in [0.25, 0.3) is 0 Å². The van der Waals surface area contributed by atoms with Crippen molar-refractivity contribution in [2.45, 2.75) is 38.6 Å². The summed E-state index contributed by atoms with van der Waals surface area (Å²) >= 11 is 0. The van der Waals surface area contributed by atoms with E-state index in [9.17, 15) is 4.79 Å². The quantitative estimate of drug-likeness (QED) is 0.506. The third-order valence-corrected chi connectivity index (χ3v) is 2.63. The number of imidazole rings is 1. The molecule has 0 fully saturated rings. The van der Waals surface area contributed by atoms with Crippen molar-refractivity contribution in [2.24, 2.45) is 0 Å². The van der Waals surface area contributed by atoms with E-state index in [0.29, 0.717) is 6.54 Å². The molecule has 0 saturated heterocycles. The Bertz CT molecular complexity index is 304. The smallest absolute Gasteiger partial charge is 0.139 e. The number of aryl methyl sites for hydroxylation is 1. The Morgan fingerprint density at radius 2 is 2.23 bits per heavy atom. The zero-order chi connectivity index (χ0) is 9.10. The molecule has 0 spiro atoms. The van der Waals surface area contributed by atoms with Crippen LogP contribution in [0.2, 0.25) is 0 Å². The van der Waals surface area contributed by atoms with E-state index in [-0.39, 0.29) is 0 Å². The molecular weight excluding hydrogens is 164 g/mol. The number of aromatic nitrogens is 2. The van der Waals surface area contributed by atoms with E-state index >= 15 is 0 Å². The van der Waals surface area contributed by atoms with Gasteiger partial charge in [-0.3, -0.25) is 0 Å². The highest BCUT2D eigenvalue weighted by Gasteiger charge is 2.12. The predicted molar refractivity (Wildman–Crippen MR) is 49.6 cm³/mol. The largest absolute Gasteiger partial charge is 0.327 e. The van der Waals surface area contributed by atoms with Crippen LogP contribution in [0.1, 0.15) is 30.7 Å². The molecule has 1 heterocycles. The number of hydrogen-bond acceptors (Lipinski definition) is 2. The zero-order valence-electron chi connectivity index (χ0n) is 7.70. The molecule has 0 aliphatic heterocycles. The summed E-state index contributed by atoms with van der Waals surface area (Å²) in [6.45, 7) is 0.461. The molecule has 13 heavy (non-hydrogen) atoms. The van der Waals surface area contributed by atoms with Gasteiger partial charge in [0.1, 0.15) is 6.29 Å². The van der Waals surface area contributed by atoms with E-state index in [4.69, 9.17) is 0 Å². The van der Waals surface area contributed by atoms with Crippen LogP contribution in [0, 0.1) is 0 Å². The van der Waals surface area contributed by atoms with Crippen LogP contribution >= 0.6 is 0 Å². The number of carbonyl (C=O) groups excluding carboxylic acids is 1. The fourth-order valence-electron chi connectivity index (χ4n) is 1.95. The maximum atomic E-state index is 10.4. The van der Waals surface area contributed by atoms with Crippen molar-refractivity contribution in [1.82, 2.24) is 9.55 Å². The minimum absolute atomic E-state index is 0.461. The molecule has 1 aliphatic carbocycles. The van der Waals surface area contributed by atoms with Crippen LogP contribution in [-0.2, 0) is 24.2 Å². The Balaban J connectivity index is 2.28. The molecule has 1 aliphatic rings. The highest BCUT2D eigenvalue weighted by atomic mass is 16.1. The van der Waals surface area contributed by atoms with Crippen LogP contribution in [-0.4, -0.2) is 15.8 Å². The number of aldehydes is 1. The van der Waals surface area contributed by atoms with Crippen molar-refractivity contribution < 1.29 is 4.79 Å². The van der Waals surface area contributed by atoms with Crippen LogP contribution in [0.25, 0.3) is 0 Å². The summed E-state index contributed by atoms with van der Waals surface area (Å²) in [4.78, 5) is 14.7. The second-order valence-corrected chi connectivity index (χ2v) is 3.52. The van der Waals surface area contributed by atoms with E-state index in [0.717, 1.165) is 19.1 Å². The first-order chi connectivity index (χ1) is 6.42. The van der Waals surface area contributed by atoms with Gasteiger partial charge in [-0.25, -0.2) is 4.98 Å². The molecule has 0 saturated carbocycles. The van der Waals surface area contributed by atoms with Crippen LogP contribution in [0.4, 0.5) is 0 Å². The third-order valence-electron chi connectivity index (χ3n) is 2.63. The molecule has 0 atom stereocenters. The van der Waals surface area contributed by atoms with Gasteiger partial charge in [0.2, 0.25) is 0 Å². The molecule has 3 heteroatoms. The molecule has 0 bridgehead atoms. The Morgan fingerprint density at radius 1 is 1.38 bits per heavy atom. The second kappa shape index (κ2) is 3.73. The topological polar surface area (TPSA) is 34.9 Å². The van der Waals surface area contributed by atoms with Gasteiger partial charge in [0.05, 0.1) is 18.6 Å². The molecule has 0 radical (unpaired) electrons. The fourth-order valence-corrected chi connectivity index (χ4v) is 1.95. The van der Waals surface area contributed by atoms with Crippen molar-refractivity contribution in [3.05, 3.63) is 17.7 Å². The van der Waals surface area contributed by atoms with Gasteiger partial charge in [-0.2, -0.15) is 0 Å². The van der Waals surface area contributed by atoms with E-state index in [1.165, 1.54) is 30.7 Å². The van der Waals surface area contributed by atoms with Crippen molar-refractivity contribution >= 4 is 6.29 Å². The van der Waals surface area contributed by atoms with Crippen molar-refractivity contribution in [3.8, 4) is 0 Å². The lowest BCUT2D eigenvalue weighted by molar-refractivity contribution is -0.108. The SMILES string of the molecule is O=CCn1cnc2c1CCCCC2. The monoisotopic (exact) mass is 178 g/mol. The predicted octanol–water partition coefficient (Wildman–Crippen LogP) is 1.35. The maximum absolute atomic E-state index is 10.4. The summed E-state index contributed by atoms with van der Waals surface area (Å²) in [5.41, 5.74) is 2.49. The Labute approximate surface area is 77.8 Å². The van der Waals surface area contributed by atoms with Crippen molar-refractivity contribution in [2.75, 3.05) is 0 Å². The van der Waals surface area contributed by atoms with E-state index in [2.05, 4.69) is 4.98 Å². The summed E-state index contributed by atoms with van der Waals surface area (Å²) in [6, 6.07) is 0. The molecule has 0 N–H and O–H groups in total. The molecule has 0 unspecified atom stereocenters. The van der Waals surface area contributed by atoms with Crippen molar-refractivity contribution in [1.29, 1.82) is 0 Å². The minimum atomic E-state index is 0.461. The summed E-state index contributed by atoms with van der Waals surface area (Å²) in [6.07, 6.45) is 8.67. The van der Waals surface area contributed by atoms with Crippen molar-refractivity contribution in [3.63, 3.8) is 0 Å². The van der Waals surface area contributed by atoms with Gasteiger partial charge >= 0.3 is 0 Å². The van der Waals surface area contributed by atoms with E-state index < -0.39 is 0 Å². The standard InChI is InChI=1S/C10H14N2O/c13-7-6-12-8-11-9-4-2-1-3-5-10(9)12/h7-8H,1-6H2. The number of fused-ring (bicyclic) bond motifs is 1. The zero-order valence-corrected chi connectivity index (χ0v) is 7.70. The molecule has 3 nitrogen and oxygen atoms in total. The summed E-state index contributed by atoms with van der Waals surface area (Å²) in [5, 5.41) is 0. The van der Waals surface area contributed by atoms with Gasteiger partial charge in [-0.15, -0.1) is 0 Å². The van der Waals surface area contributed by atoms with E-state index in [1.807, 2.05) is 4.57 Å². The molecule has 0 amide bonds.